The van der Waals surface area contributed by atoms with Gasteiger partial charge in [-0.2, -0.15) is 0 Å². The summed E-state index contributed by atoms with van der Waals surface area (Å²) in [5.41, 5.74) is 2.60. The number of esters is 1. The molecule has 0 radical (unpaired) electrons. The summed E-state index contributed by atoms with van der Waals surface area (Å²) in [4.78, 5) is 16.1. The number of piperazine rings is 1. The molecular weight excluding hydrogens is 252 g/mol. The highest BCUT2D eigenvalue weighted by Crippen LogP contribution is 2.17. The third-order valence-corrected chi connectivity index (χ3v) is 3.68. The molecule has 1 aromatic carbocycles. The molecule has 1 saturated heterocycles. The van der Waals surface area contributed by atoms with Gasteiger partial charge >= 0.3 is 5.97 Å². The molecule has 1 aromatic rings. The van der Waals surface area contributed by atoms with Crippen LogP contribution in [0.5, 0.6) is 0 Å². The molecule has 20 heavy (non-hydrogen) atoms. The fourth-order valence-corrected chi connectivity index (χ4v) is 2.54. The van der Waals surface area contributed by atoms with Crippen LogP contribution in [0.2, 0.25) is 0 Å². The molecule has 4 nitrogen and oxygen atoms in total. The van der Waals surface area contributed by atoms with Gasteiger partial charge in [-0.05, 0) is 31.5 Å². The first-order chi connectivity index (χ1) is 9.69. The molecule has 0 bridgehead atoms. The molecule has 0 N–H and O–H groups in total. The van der Waals surface area contributed by atoms with E-state index in [0.717, 1.165) is 32.7 Å². The summed E-state index contributed by atoms with van der Waals surface area (Å²) in [5.74, 6) is -0.0892. The highest BCUT2D eigenvalue weighted by atomic mass is 16.5. The average molecular weight is 276 g/mol. The van der Waals surface area contributed by atoms with Crippen molar-refractivity contribution in [3.8, 4) is 0 Å². The molecule has 4 heteroatoms. The van der Waals surface area contributed by atoms with Crippen molar-refractivity contribution in [2.24, 2.45) is 0 Å². The van der Waals surface area contributed by atoms with Crippen molar-refractivity contribution in [1.82, 2.24) is 4.90 Å². The minimum atomic E-state index is -0.0892. The minimum Gasteiger partial charge on any atom is -0.466 e. The monoisotopic (exact) mass is 276 g/mol. The molecule has 1 fully saturated rings. The molecule has 1 heterocycles. The van der Waals surface area contributed by atoms with Crippen molar-refractivity contribution in [3.63, 3.8) is 0 Å². The molecule has 0 unspecified atom stereocenters. The molecule has 0 saturated carbocycles. The first-order valence-electron chi connectivity index (χ1n) is 7.38. The molecule has 0 atom stereocenters. The molecular formula is C16H24N2O2. The van der Waals surface area contributed by atoms with Gasteiger partial charge < -0.3 is 9.64 Å². The molecule has 1 aliphatic heterocycles. The van der Waals surface area contributed by atoms with E-state index in [1.165, 1.54) is 11.3 Å². The van der Waals surface area contributed by atoms with Gasteiger partial charge in [0, 0.05) is 38.4 Å². The highest BCUT2D eigenvalue weighted by Gasteiger charge is 2.17. The Balaban J connectivity index is 1.76. The van der Waals surface area contributed by atoms with E-state index < -0.39 is 0 Å². The van der Waals surface area contributed by atoms with Crippen LogP contribution in [-0.4, -0.2) is 50.2 Å². The van der Waals surface area contributed by atoms with E-state index in [1.54, 1.807) is 0 Å². The zero-order valence-corrected chi connectivity index (χ0v) is 12.5. The van der Waals surface area contributed by atoms with Crippen molar-refractivity contribution < 1.29 is 9.53 Å². The van der Waals surface area contributed by atoms with Crippen molar-refractivity contribution in [1.29, 1.82) is 0 Å². The van der Waals surface area contributed by atoms with Crippen LogP contribution in [0.15, 0.2) is 24.3 Å². The second kappa shape index (κ2) is 7.29. The zero-order chi connectivity index (χ0) is 14.4. The molecule has 110 valence electrons. The number of anilines is 1. The lowest BCUT2D eigenvalue weighted by Crippen LogP contribution is -2.47. The third-order valence-electron chi connectivity index (χ3n) is 3.68. The largest absolute Gasteiger partial charge is 0.466 e. The minimum absolute atomic E-state index is 0.0892. The normalized spacial score (nSPS) is 16.2. The van der Waals surface area contributed by atoms with Crippen LogP contribution < -0.4 is 4.90 Å². The molecule has 0 amide bonds. The van der Waals surface area contributed by atoms with Crippen LogP contribution in [0, 0.1) is 6.92 Å². The second-order valence-corrected chi connectivity index (χ2v) is 5.22. The molecule has 2 rings (SSSR count). The number of ether oxygens (including phenoxy) is 1. The summed E-state index contributed by atoms with van der Waals surface area (Å²) < 4.78 is 4.96. The number of nitrogens with zero attached hydrogens (tertiary/aromatic N) is 2. The predicted octanol–water partition coefficient (Wildman–Crippen LogP) is 2.07. The number of carbonyl (C=O) groups excluding carboxylic acids is 1. The number of rotatable bonds is 5. The van der Waals surface area contributed by atoms with Gasteiger partial charge in [0.15, 0.2) is 0 Å². The van der Waals surface area contributed by atoms with Crippen LogP contribution in [-0.2, 0) is 9.53 Å². The van der Waals surface area contributed by atoms with Crippen molar-refractivity contribution in [2.75, 3.05) is 44.2 Å². The van der Waals surface area contributed by atoms with E-state index in [4.69, 9.17) is 4.74 Å². The van der Waals surface area contributed by atoms with Gasteiger partial charge in [0.05, 0.1) is 13.0 Å². The van der Waals surface area contributed by atoms with E-state index in [1.807, 2.05) is 6.92 Å². The van der Waals surface area contributed by atoms with E-state index in [2.05, 4.69) is 41.0 Å². The fraction of sp³-hybridized carbons (Fsp3) is 0.562. The topological polar surface area (TPSA) is 32.8 Å². The summed E-state index contributed by atoms with van der Waals surface area (Å²) in [5, 5.41) is 0. The summed E-state index contributed by atoms with van der Waals surface area (Å²) in [6.45, 7) is 9.30. The third kappa shape index (κ3) is 4.23. The summed E-state index contributed by atoms with van der Waals surface area (Å²) in [6, 6.07) is 8.63. The predicted molar refractivity (Wildman–Crippen MR) is 81.1 cm³/mol. The smallest absolute Gasteiger partial charge is 0.307 e. The van der Waals surface area contributed by atoms with Crippen LogP contribution in [0.4, 0.5) is 5.69 Å². The number of aryl methyl sites for hydroxylation is 1. The lowest BCUT2D eigenvalue weighted by Gasteiger charge is -2.36. The van der Waals surface area contributed by atoms with Crippen LogP contribution in [0.3, 0.4) is 0 Å². The van der Waals surface area contributed by atoms with E-state index >= 15 is 0 Å². The molecule has 0 aliphatic carbocycles. The first-order valence-corrected chi connectivity index (χ1v) is 7.38. The Morgan fingerprint density at radius 2 is 2.00 bits per heavy atom. The quantitative estimate of drug-likeness (QED) is 0.771. The van der Waals surface area contributed by atoms with Crippen LogP contribution in [0.1, 0.15) is 18.9 Å². The summed E-state index contributed by atoms with van der Waals surface area (Å²) in [6.07, 6.45) is 0.498. The maximum absolute atomic E-state index is 11.3. The van der Waals surface area contributed by atoms with Gasteiger partial charge in [-0.1, -0.05) is 12.1 Å². The Morgan fingerprint density at radius 3 is 2.65 bits per heavy atom. The van der Waals surface area contributed by atoms with Crippen LogP contribution >= 0.6 is 0 Å². The summed E-state index contributed by atoms with van der Waals surface area (Å²) in [7, 11) is 0. The van der Waals surface area contributed by atoms with Crippen molar-refractivity contribution >= 4 is 11.7 Å². The van der Waals surface area contributed by atoms with Crippen molar-refractivity contribution in [3.05, 3.63) is 29.8 Å². The van der Waals surface area contributed by atoms with E-state index in [9.17, 15) is 4.79 Å². The molecule has 0 spiro atoms. The second-order valence-electron chi connectivity index (χ2n) is 5.22. The number of hydrogen-bond donors (Lipinski definition) is 0. The van der Waals surface area contributed by atoms with Crippen LogP contribution in [0.25, 0.3) is 0 Å². The lowest BCUT2D eigenvalue weighted by atomic mass is 10.2. The number of carbonyl (C=O) groups is 1. The van der Waals surface area contributed by atoms with Gasteiger partial charge in [0.1, 0.15) is 0 Å². The fourth-order valence-electron chi connectivity index (χ4n) is 2.54. The Hall–Kier alpha value is -1.55. The molecule has 1 aliphatic rings. The Kier molecular flexibility index (Phi) is 5.41. The van der Waals surface area contributed by atoms with Gasteiger partial charge in [-0.15, -0.1) is 0 Å². The number of benzene rings is 1. The van der Waals surface area contributed by atoms with E-state index in [0.29, 0.717) is 13.0 Å². The van der Waals surface area contributed by atoms with Gasteiger partial charge in [-0.3, -0.25) is 9.69 Å². The maximum Gasteiger partial charge on any atom is 0.307 e. The maximum atomic E-state index is 11.3. The van der Waals surface area contributed by atoms with Gasteiger partial charge in [0.2, 0.25) is 0 Å². The molecule has 0 aromatic heterocycles. The van der Waals surface area contributed by atoms with Gasteiger partial charge in [0.25, 0.3) is 0 Å². The number of hydrogen-bond acceptors (Lipinski definition) is 4. The van der Waals surface area contributed by atoms with Crippen molar-refractivity contribution in [2.45, 2.75) is 20.3 Å². The highest BCUT2D eigenvalue weighted by molar-refractivity contribution is 5.69. The average Bonchev–Trinajstić information content (AvgIpc) is 2.46. The Labute approximate surface area is 121 Å². The lowest BCUT2D eigenvalue weighted by molar-refractivity contribution is -0.143. The van der Waals surface area contributed by atoms with Gasteiger partial charge in [-0.25, -0.2) is 0 Å². The van der Waals surface area contributed by atoms with E-state index in [-0.39, 0.29) is 5.97 Å². The Morgan fingerprint density at radius 1 is 1.25 bits per heavy atom. The SMILES string of the molecule is CCOC(=O)CCN1CCN(c2cccc(C)c2)CC1. The standard InChI is InChI=1S/C16H24N2O2/c1-3-20-16(19)7-8-17-9-11-18(12-10-17)15-6-4-5-14(2)13-15/h4-6,13H,3,7-12H2,1-2H3. The summed E-state index contributed by atoms with van der Waals surface area (Å²) >= 11 is 0. The zero-order valence-electron chi connectivity index (χ0n) is 12.5. The first kappa shape index (κ1) is 14.9. The Bertz CT molecular complexity index is 440.